The normalized spacial score (nSPS) is 10.6. The van der Waals surface area contributed by atoms with Crippen molar-refractivity contribution >= 4 is 21.6 Å². The van der Waals surface area contributed by atoms with Gasteiger partial charge in [-0.3, -0.25) is 0 Å². The summed E-state index contributed by atoms with van der Waals surface area (Å²) < 4.78 is 12.6. The van der Waals surface area contributed by atoms with Gasteiger partial charge in [0.15, 0.2) is 11.5 Å². The van der Waals surface area contributed by atoms with Gasteiger partial charge in [-0.25, -0.2) is 0 Å². The number of rotatable bonds is 7. The molecule has 1 N–H and O–H groups in total. The largest absolute Gasteiger partial charge is 0.493 e. The van der Waals surface area contributed by atoms with Gasteiger partial charge >= 0.3 is 0 Å². The van der Waals surface area contributed by atoms with Gasteiger partial charge in [0, 0.05) is 12.2 Å². The third-order valence-electron chi connectivity index (χ3n) is 4.93. The van der Waals surface area contributed by atoms with Crippen molar-refractivity contribution in [3.05, 3.63) is 86.9 Å². The number of hydrogen-bond acceptors (Lipinski definition) is 3. The van der Waals surface area contributed by atoms with Crippen molar-refractivity contribution in [3.8, 4) is 11.5 Å². The van der Waals surface area contributed by atoms with Crippen molar-refractivity contribution < 1.29 is 9.47 Å². The van der Waals surface area contributed by atoms with Crippen LogP contribution in [0.3, 0.4) is 0 Å². The van der Waals surface area contributed by atoms with Crippen LogP contribution in [0.4, 0.5) is 5.69 Å². The molecule has 3 aromatic carbocycles. The second-order valence-electron chi connectivity index (χ2n) is 6.98. The summed E-state index contributed by atoms with van der Waals surface area (Å²) in [6.07, 6.45) is 0. The molecule has 3 nitrogen and oxygen atoms in total. The Balaban J connectivity index is 1.73. The molecule has 4 heteroatoms. The van der Waals surface area contributed by atoms with E-state index in [2.05, 4.69) is 78.4 Å². The molecule has 0 bridgehead atoms. The van der Waals surface area contributed by atoms with E-state index in [1.807, 2.05) is 18.2 Å². The highest BCUT2D eigenvalue weighted by molar-refractivity contribution is 9.10. The fraction of sp³-hybridized carbons (Fsp3) is 0.250. The van der Waals surface area contributed by atoms with Crippen molar-refractivity contribution in [1.29, 1.82) is 0 Å². The van der Waals surface area contributed by atoms with Crippen LogP contribution in [0, 0.1) is 20.8 Å². The Morgan fingerprint density at radius 3 is 2.39 bits per heavy atom. The Bertz CT molecular complexity index is 969. The van der Waals surface area contributed by atoms with Gasteiger partial charge in [-0.15, -0.1) is 0 Å². The molecular weight excluding hydrogens is 414 g/mol. The van der Waals surface area contributed by atoms with Gasteiger partial charge < -0.3 is 14.8 Å². The van der Waals surface area contributed by atoms with Gasteiger partial charge in [0.25, 0.3) is 0 Å². The van der Waals surface area contributed by atoms with E-state index in [0.717, 1.165) is 32.8 Å². The van der Waals surface area contributed by atoms with E-state index in [1.165, 1.54) is 16.7 Å². The molecule has 0 unspecified atom stereocenters. The number of aryl methyl sites for hydroxylation is 3. The number of nitrogens with one attached hydrogen (secondary N) is 1. The summed E-state index contributed by atoms with van der Waals surface area (Å²) in [5, 5.41) is 3.48. The third kappa shape index (κ3) is 4.87. The number of benzene rings is 3. The molecule has 0 spiro atoms. The molecule has 0 aromatic heterocycles. The van der Waals surface area contributed by atoms with Crippen LogP contribution in [0.15, 0.2) is 59.1 Å². The second-order valence-corrected chi connectivity index (χ2v) is 7.83. The molecule has 0 saturated heterocycles. The van der Waals surface area contributed by atoms with Gasteiger partial charge in [-0.1, -0.05) is 30.3 Å². The summed E-state index contributed by atoms with van der Waals surface area (Å²) >= 11 is 3.65. The van der Waals surface area contributed by atoms with E-state index in [0.29, 0.717) is 13.2 Å². The van der Waals surface area contributed by atoms with Gasteiger partial charge in [0.2, 0.25) is 0 Å². The van der Waals surface area contributed by atoms with Crippen molar-refractivity contribution in [2.24, 2.45) is 0 Å². The molecule has 0 aliphatic heterocycles. The van der Waals surface area contributed by atoms with Crippen molar-refractivity contribution in [3.63, 3.8) is 0 Å². The van der Waals surface area contributed by atoms with Crippen molar-refractivity contribution in [1.82, 2.24) is 0 Å². The number of hydrogen-bond donors (Lipinski definition) is 1. The minimum Gasteiger partial charge on any atom is -0.493 e. The van der Waals surface area contributed by atoms with Crippen LogP contribution in [0.25, 0.3) is 0 Å². The molecule has 3 aromatic rings. The summed E-state index contributed by atoms with van der Waals surface area (Å²) in [5.41, 5.74) is 7.18. The number of anilines is 1. The maximum Gasteiger partial charge on any atom is 0.175 e. The summed E-state index contributed by atoms with van der Waals surface area (Å²) in [5.74, 6) is 1.44. The molecule has 0 radical (unpaired) electrons. The lowest BCUT2D eigenvalue weighted by Crippen LogP contribution is -2.03. The summed E-state index contributed by atoms with van der Waals surface area (Å²) in [4.78, 5) is 0. The van der Waals surface area contributed by atoms with Gasteiger partial charge in [0.05, 0.1) is 11.6 Å². The molecule has 0 fully saturated rings. The Morgan fingerprint density at radius 2 is 1.68 bits per heavy atom. The monoisotopic (exact) mass is 439 g/mol. The molecule has 146 valence electrons. The van der Waals surface area contributed by atoms with Crippen LogP contribution in [-0.4, -0.2) is 7.11 Å². The van der Waals surface area contributed by atoms with Gasteiger partial charge in [-0.05, 0) is 88.8 Å². The first-order chi connectivity index (χ1) is 13.5. The summed E-state index contributed by atoms with van der Waals surface area (Å²) in [6, 6.07) is 18.7. The predicted molar refractivity (Wildman–Crippen MR) is 119 cm³/mol. The molecule has 0 amide bonds. The average Bonchev–Trinajstić information content (AvgIpc) is 2.68. The van der Waals surface area contributed by atoms with Gasteiger partial charge in [-0.2, -0.15) is 0 Å². The predicted octanol–water partition coefficient (Wildman–Crippen LogP) is 6.57. The maximum absolute atomic E-state index is 6.08. The number of ether oxygens (including phenoxy) is 2. The molecule has 0 aliphatic carbocycles. The Kier molecular flexibility index (Phi) is 6.63. The first-order valence-electron chi connectivity index (χ1n) is 9.32. The van der Waals surface area contributed by atoms with E-state index in [9.17, 15) is 0 Å². The molecule has 0 saturated carbocycles. The Labute approximate surface area is 175 Å². The zero-order chi connectivity index (χ0) is 20.1. The van der Waals surface area contributed by atoms with E-state index in [-0.39, 0.29) is 0 Å². The lowest BCUT2D eigenvalue weighted by molar-refractivity contribution is 0.282. The zero-order valence-electron chi connectivity index (χ0n) is 16.8. The van der Waals surface area contributed by atoms with Gasteiger partial charge in [0.1, 0.15) is 6.61 Å². The van der Waals surface area contributed by atoms with Crippen LogP contribution in [-0.2, 0) is 13.2 Å². The highest BCUT2D eigenvalue weighted by Crippen LogP contribution is 2.37. The minimum atomic E-state index is 0.502. The lowest BCUT2D eigenvalue weighted by Gasteiger charge is -2.16. The highest BCUT2D eigenvalue weighted by Gasteiger charge is 2.13. The number of halogens is 1. The van der Waals surface area contributed by atoms with Crippen LogP contribution in [0.2, 0.25) is 0 Å². The minimum absolute atomic E-state index is 0.502. The maximum atomic E-state index is 6.08. The fourth-order valence-corrected chi connectivity index (χ4v) is 3.60. The fourth-order valence-electron chi connectivity index (χ4n) is 2.99. The first-order valence-corrected chi connectivity index (χ1v) is 10.1. The standard InChI is InChI=1S/C24H26BrNO2/c1-16-9-10-21(11-18(16)3)26-14-19-12-22(25)24(23(13-19)27-4)28-15-20-8-6-5-7-17(20)2/h5-13,26H,14-15H2,1-4H3. The first kappa shape index (κ1) is 20.3. The Morgan fingerprint density at radius 1 is 0.893 bits per heavy atom. The molecular formula is C24H26BrNO2. The highest BCUT2D eigenvalue weighted by atomic mass is 79.9. The van der Waals surface area contributed by atoms with Crippen LogP contribution < -0.4 is 14.8 Å². The summed E-state index contributed by atoms with van der Waals surface area (Å²) in [7, 11) is 1.67. The zero-order valence-corrected chi connectivity index (χ0v) is 18.4. The van der Waals surface area contributed by atoms with E-state index >= 15 is 0 Å². The lowest BCUT2D eigenvalue weighted by atomic mass is 10.1. The van der Waals surface area contributed by atoms with Crippen LogP contribution >= 0.6 is 15.9 Å². The molecule has 0 atom stereocenters. The van der Waals surface area contributed by atoms with Crippen molar-refractivity contribution in [2.45, 2.75) is 33.9 Å². The van der Waals surface area contributed by atoms with E-state index in [1.54, 1.807) is 7.11 Å². The SMILES string of the molecule is COc1cc(CNc2ccc(C)c(C)c2)cc(Br)c1OCc1ccccc1C. The quantitative estimate of drug-likeness (QED) is 0.451. The number of methoxy groups -OCH3 is 1. The smallest absolute Gasteiger partial charge is 0.175 e. The van der Waals surface area contributed by atoms with Crippen LogP contribution in [0.5, 0.6) is 11.5 Å². The van der Waals surface area contributed by atoms with E-state index < -0.39 is 0 Å². The molecule has 0 heterocycles. The topological polar surface area (TPSA) is 30.5 Å². The van der Waals surface area contributed by atoms with Crippen molar-refractivity contribution in [2.75, 3.05) is 12.4 Å². The molecule has 0 aliphatic rings. The third-order valence-corrected chi connectivity index (χ3v) is 5.52. The Hall–Kier alpha value is -2.46. The second kappa shape index (κ2) is 9.16. The molecule has 28 heavy (non-hydrogen) atoms. The molecule has 3 rings (SSSR count). The van der Waals surface area contributed by atoms with Crippen LogP contribution in [0.1, 0.15) is 27.8 Å². The average molecular weight is 440 g/mol. The van der Waals surface area contributed by atoms with E-state index in [4.69, 9.17) is 9.47 Å². The summed E-state index contributed by atoms with van der Waals surface area (Å²) in [6.45, 7) is 7.54.